The Kier molecular flexibility index (Phi) is 3.85. The highest BCUT2D eigenvalue weighted by Crippen LogP contribution is 2.73. The number of aliphatic hydroxyl groups is 1. The second kappa shape index (κ2) is 5.72. The number of carbonyl (C=O) groups excluding carboxylic acids is 2. The number of aliphatic hydroxyl groups excluding tert-OH is 1. The molecule has 28 heavy (non-hydrogen) atoms. The molecule has 3 saturated carbocycles. The Morgan fingerprint density at radius 1 is 1.18 bits per heavy atom. The third-order valence-corrected chi connectivity index (χ3v) is 9.30. The monoisotopic (exact) mass is 392 g/mol. The molecule has 1 N–H and O–H groups in total. The maximum absolute atomic E-state index is 12.7. The second-order valence-electron chi connectivity index (χ2n) is 10.8. The Labute approximate surface area is 166 Å². The van der Waals surface area contributed by atoms with Crippen LogP contribution >= 0.6 is 0 Å². The molecule has 156 valence electrons. The maximum atomic E-state index is 12.7. The van der Waals surface area contributed by atoms with Crippen LogP contribution in [0.1, 0.15) is 66.2 Å². The summed E-state index contributed by atoms with van der Waals surface area (Å²) in [6, 6.07) is 0. The number of fused-ring (bicyclic) bond motifs is 2. The minimum atomic E-state index is -0.927. The van der Waals surface area contributed by atoms with Gasteiger partial charge in [-0.15, -0.1) is 0 Å². The molecule has 0 radical (unpaired) electrons. The van der Waals surface area contributed by atoms with Crippen LogP contribution in [-0.2, 0) is 23.8 Å². The molecule has 2 heterocycles. The van der Waals surface area contributed by atoms with Gasteiger partial charge >= 0.3 is 11.9 Å². The highest BCUT2D eigenvalue weighted by atomic mass is 16.8. The lowest BCUT2D eigenvalue weighted by atomic mass is 9.38. The molecule has 9 atom stereocenters. The Balaban J connectivity index is 1.63. The first kappa shape index (κ1) is 18.9. The van der Waals surface area contributed by atoms with E-state index in [1.807, 2.05) is 0 Å². The summed E-state index contributed by atoms with van der Waals surface area (Å²) >= 11 is 0. The lowest BCUT2D eigenvalue weighted by molar-refractivity contribution is -0.252. The number of hydrogen-bond donors (Lipinski definition) is 1. The molecule has 2 aliphatic heterocycles. The van der Waals surface area contributed by atoms with Gasteiger partial charge in [-0.3, -0.25) is 9.59 Å². The van der Waals surface area contributed by atoms with Crippen LogP contribution in [0, 0.1) is 39.9 Å². The zero-order valence-electron chi connectivity index (χ0n) is 17.3. The number of hydrogen-bond acceptors (Lipinski definition) is 6. The molecule has 3 aliphatic carbocycles. The topological polar surface area (TPSA) is 82.1 Å². The number of ether oxygens (including phenoxy) is 3. The summed E-state index contributed by atoms with van der Waals surface area (Å²) in [7, 11) is 0. The van der Waals surface area contributed by atoms with E-state index in [0.29, 0.717) is 12.3 Å². The van der Waals surface area contributed by atoms with Crippen molar-refractivity contribution in [1.29, 1.82) is 0 Å². The molecule has 5 rings (SSSR count). The minimum absolute atomic E-state index is 0.0221. The average Bonchev–Trinajstić information content (AvgIpc) is 3.04. The average molecular weight is 392 g/mol. The Hall–Kier alpha value is -1.14. The Morgan fingerprint density at radius 2 is 1.93 bits per heavy atom. The first-order valence-electron chi connectivity index (χ1n) is 10.8. The fraction of sp³-hybridized carbons (Fsp3) is 0.909. The molecule has 0 aromatic heterocycles. The Morgan fingerprint density at radius 3 is 2.64 bits per heavy atom. The van der Waals surface area contributed by atoms with Gasteiger partial charge in [0.25, 0.3) is 0 Å². The van der Waals surface area contributed by atoms with Crippen LogP contribution in [0.4, 0.5) is 0 Å². The molecule has 0 bridgehead atoms. The van der Waals surface area contributed by atoms with Crippen LogP contribution in [0.5, 0.6) is 0 Å². The van der Waals surface area contributed by atoms with E-state index in [0.717, 1.165) is 25.7 Å². The van der Waals surface area contributed by atoms with Gasteiger partial charge in [-0.2, -0.15) is 0 Å². The van der Waals surface area contributed by atoms with E-state index in [-0.39, 0.29) is 34.6 Å². The highest BCUT2D eigenvalue weighted by Gasteiger charge is 2.76. The standard InChI is InChI=1S/C22H32O6/c1-11(23)26-12-10-14-21(4)8-5-7-20(2,3)13(21)6-9-22(14)16-15(12)17(24)27-18(16)28-19(22)25/h12-16,18-19,25H,5-10H2,1-4H3/t12-,13-,14+,15+,16-,18-,19+,21-,22-/m0/s1. The first-order valence-corrected chi connectivity index (χ1v) is 10.8. The summed E-state index contributed by atoms with van der Waals surface area (Å²) in [5.41, 5.74) is -0.223. The van der Waals surface area contributed by atoms with E-state index < -0.39 is 30.0 Å². The molecular weight excluding hydrogens is 360 g/mol. The van der Waals surface area contributed by atoms with Gasteiger partial charge in [0.05, 0.1) is 0 Å². The summed E-state index contributed by atoms with van der Waals surface area (Å²) in [5, 5.41) is 11.1. The zero-order valence-corrected chi connectivity index (χ0v) is 17.3. The maximum Gasteiger partial charge on any atom is 0.315 e. The summed E-state index contributed by atoms with van der Waals surface area (Å²) < 4.78 is 17.0. The molecule has 6 nitrogen and oxygen atoms in total. The second-order valence-corrected chi connectivity index (χ2v) is 10.8. The van der Waals surface area contributed by atoms with Gasteiger partial charge < -0.3 is 19.3 Å². The van der Waals surface area contributed by atoms with Crippen LogP contribution in [0.3, 0.4) is 0 Å². The van der Waals surface area contributed by atoms with Crippen LogP contribution in [-0.4, -0.2) is 35.7 Å². The minimum Gasteiger partial charge on any atom is -0.462 e. The van der Waals surface area contributed by atoms with Crippen molar-refractivity contribution in [2.24, 2.45) is 39.9 Å². The quantitative estimate of drug-likeness (QED) is 0.691. The largest absolute Gasteiger partial charge is 0.462 e. The molecule has 0 unspecified atom stereocenters. The molecule has 5 aliphatic rings. The van der Waals surface area contributed by atoms with Gasteiger partial charge in [0.15, 0.2) is 6.29 Å². The van der Waals surface area contributed by atoms with Crippen molar-refractivity contribution in [3.63, 3.8) is 0 Å². The van der Waals surface area contributed by atoms with Crippen molar-refractivity contribution in [2.45, 2.75) is 84.9 Å². The summed E-state index contributed by atoms with van der Waals surface area (Å²) in [6.45, 7) is 8.51. The van der Waals surface area contributed by atoms with Gasteiger partial charge in [-0.25, -0.2) is 0 Å². The van der Waals surface area contributed by atoms with Gasteiger partial charge in [0, 0.05) is 18.3 Å². The van der Waals surface area contributed by atoms with E-state index in [9.17, 15) is 14.7 Å². The van der Waals surface area contributed by atoms with Gasteiger partial charge in [-0.1, -0.05) is 27.2 Å². The van der Waals surface area contributed by atoms with Crippen molar-refractivity contribution in [3.8, 4) is 0 Å². The van der Waals surface area contributed by atoms with E-state index >= 15 is 0 Å². The molecular formula is C22H32O6. The van der Waals surface area contributed by atoms with E-state index in [4.69, 9.17) is 14.2 Å². The predicted molar refractivity (Wildman–Crippen MR) is 98.5 cm³/mol. The van der Waals surface area contributed by atoms with Crippen molar-refractivity contribution in [2.75, 3.05) is 0 Å². The van der Waals surface area contributed by atoms with Gasteiger partial charge in [-0.05, 0) is 54.8 Å². The van der Waals surface area contributed by atoms with Crippen LogP contribution < -0.4 is 0 Å². The van der Waals surface area contributed by atoms with Crippen molar-refractivity contribution < 1.29 is 28.9 Å². The van der Waals surface area contributed by atoms with E-state index in [1.54, 1.807) is 0 Å². The lowest BCUT2D eigenvalue weighted by Crippen LogP contribution is -2.64. The summed E-state index contributed by atoms with van der Waals surface area (Å²) in [4.78, 5) is 24.5. The van der Waals surface area contributed by atoms with Crippen LogP contribution in [0.25, 0.3) is 0 Å². The fourth-order valence-electron chi connectivity index (χ4n) is 8.47. The summed E-state index contributed by atoms with van der Waals surface area (Å²) in [6.07, 6.45) is 3.81. The molecule has 0 aromatic rings. The van der Waals surface area contributed by atoms with Gasteiger partial charge in [0.1, 0.15) is 12.0 Å². The van der Waals surface area contributed by atoms with Crippen molar-refractivity contribution >= 4 is 11.9 Å². The first-order chi connectivity index (χ1) is 13.1. The van der Waals surface area contributed by atoms with Crippen molar-refractivity contribution in [1.82, 2.24) is 0 Å². The number of carbonyl (C=O) groups is 2. The highest BCUT2D eigenvalue weighted by molar-refractivity contribution is 5.77. The van der Waals surface area contributed by atoms with Crippen molar-refractivity contribution in [3.05, 3.63) is 0 Å². The van der Waals surface area contributed by atoms with Crippen LogP contribution in [0.15, 0.2) is 0 Å². The molecule has 1 spiro atoms. The third-order valence-electron chi connectivity index (χ3n) is 9.30. The van der Waals surface area contributed by atoms with Gasteiger partial charge in [0.2, 0.25) is 6.29 Å². The van der Waals surface area contributed by atoms with E-state index in [2.05, 4.69) is 20.8 Å². The summed E-state index contributed by atoms with van der Waals surface area (Å²) in [5.74, 6) is -0.793. The molecule has 2 saturated heterocycles. The molecule has 0 amide bonds. The third kappa shape index (κ3) is 2.16. The lowest BCUT2D eigenvalue weighted by Gasteiger charge is -2.65. The Bertz CT molecular complexity index is 718. The number of rotatable bonds is 1. The zero-order chi connectivity index (χ0) is 20.1. The molecule has 6 heteroatoms. The van der Waals surface area contributed by atoms with E-state index in [1.165, 1.54) is 13.3 Å². The fourth-order valence-corrected chi connectivity index (χ4v) is 8.47. The number of esters is 2. The normalized spacial score (nSPS) is 53.6. The predicted octanol–water partition coefficient (Wildman–Crippen LogP) is 3.01. The molecule has 0 aromatic carbocycles. The smallest absolute Gasteiger partial charge is 0.315 e. The SMILES string of the molecule is CC(=O)O[C@H]1C[C@@H]2[C@@]3(C)CCCC(C)(C)[C@@H]3CC[C@@]23[C@@H]2[C@@H](OC(=O)[C@@H]21)O[C@H]3O. The van der Waals surface area contributed by atoms with Crippen LogP contribution in [0.2, 0.25) is 0 Å². The molecule has 5 fully saturated rings.